The third kappa shape index (κ3) is 2.00. The predicted octanol–water partition coefficient (Wildman–Crippen LogP) is 0.365. The Balaban J connectivity index is 3.47. The molecule has 0 aliphatic carbocycles. The maximum Gasteiger partial charge on any atom is 0.178 e. The number of nitriles is 1. The molecule has 0 saturated carbocycles. The van der Waals surface area contributed by atoms with Crippen LogP contribution >= 0.6 is 0 Å². The second-order valence-electron chi connectivity index (χ2n) is 2.61. The minimum absolute atomic E-state index is 0.112. The number of pyridine rings is 1. The molecule has 6 heteroatoms. The van der Waals surface area contributed by atoms with Gasteiger partial charge in [0.1, 0.15) is 16.7 Å². The molecule has 0 saturated heterocycles. The summed E-state index contributed by atoms with van der Waals surface area (Å²) in [6, 6.07) is 2.99. The number of nitrogens with zero attached hydrogens (tertiary/aromatic N) is 2. The Bertz CT molecular complexity index is 488. The Kier molecular flexibility index (Phi) is 2.72. The van der Waals surface area contributed by atoms with E-state index in [0.29, 0.717) is 5.75 Å². The van der Waals surface area contributed by atoms with E-state index in [1.54, 1.807) is 6.07 Å². The van der Waals surface area contributed by atoms with Gasteiger partial charge in [-0.2, -0.15) is 5.26 Å². The smallest absolute Gasteiger partial charge is 0.178 e. The molecule has 0 amide bonds. The summed E-state index contributed by atoms with van der Waals surface area (Å²) in [5.41, 5.74) is -0.117. The zero-order valence-electron chi connectivity index (χ0n) is 7.68. The number of sulfone groups is 1. The van der Waals surface area contributed by atoms with Gasteiger partial charge in [-0.15, -0.1) is 0 Å². The Morgan fingerprint density at radius 3 is 2.64 bits per heavy atom. The summed E-state index contributed by atoms with van der Waals surface area (Å²) in [5, 5.41) is 8.63. The summed E-state index contributed by atoms with van der Waals surface area (Å²) in [5.74, 6) is 0.310. The fourth-order valence-electron chi connectivity index (χ4n) is 0.905. The molecule has 1 aromatic heterocycles. The third-order valence-electron chi connectivity index (χ3n) is 1.57. The second kappa shape index (κ2) is 3.64. The zero-order valence-corrected chi connectivity index (χ0v) is 8.50. The van der Waals surface area contributed by atoms with E-state index in [9.17, 15) is 8.42 Å². The lowest BCUT2D eigenvalue weighted by Crippen LogP contribution is -2.03. The van der Waals surface area contributed by atoms with Crippen molar-refractivity contribution in [1.29, 1.82) is 5.26 Å². The summed E-state index contributed by atoms with van der Waals surface area (Å²) in [4.78, 5) is 3.56. The third-order valence-corrected chi connectivity index (χ3v) is 2.68. The lowest BCUT2D eigenvalue weighted by atomic mass is 10.3. The fourth-order valence-corrected chi connectivity index (χ4v) is 1.68. The Hall–Kier alpha value is -1.61. The maximum atomic E-state index is 11.2. The first-order valence-electron chi connectivity index (χ1n) is 3.63. The summed E-state index contributed by atoms with van der Waals surface area (Å²) < 4.78 is 27.3. The van der Waals surface area contributed by atoms with Gasteiger partial charge < -0.3 is 4.74 Å². The molecule has 0 N–H and O–H groups in total. The van der Waals surface area contributed by atoms with Gasteiger partial charge in [0.2, 0.25) is 0 Å². The molecular weight excluding hydrogens is 204 g/mol. The molecule has 0 unspecified atom stereocenters. The summed E-state index contributed by atoms with van der Waals surface area (Å²) in [7, 11) is -2.05. The quantitative estimate of drug-likeness (QED) is 0.707. The van der Waals surface area contributed by atoms with E-state index >= 15 is 0 Å². The van der Waals surface area contributed by atoms with Crippen molar-refractivity contribution in [2.24, 2.45) is 0 Å². The lowest BCUT2D eigenvalue weighted by molar-refractivity contribution is 0.411. The normalized spacial score (nSPS) is 10.6. The van der Waals surface area contributed by atoms with Gasteiger partial charge >= 0.3 is 0 Å². The average molecular weight is 212 g/mol. The van der Waals surface area contributed by atoms with Crippen LogP contribution in [0.1, 0.15) is 5.69 Å². The summed E-state index contributed by atoms with van der Waals surface area (Å²) in [6.07, 6.45) is 2.32. The molecule has 0 atom stereocenters. The number of hydrogen-bond acceptors (Lipinski definition) is 5. The van der Waals surface area contributed by atoms with Crippen LogP contribution in [0.15, 0.2) is 17.2 Å². The van der Waals surface area contributed by atoms with Crippen LogP contribution in [0, 0.1) is 11.3 Å². The number of aromatic nitrogens is 1. The summed E-state index contributed by atoms with van der Waals surface area (Å²) in [6.45, 7) is 0. The molecule has 0 spiro atoms. The molecule has 74 valence electrons. The van der Waals surface area contributed by atoms with Gasteiger partial charge in [0, 0.05) is 12.3 Å². The zero-order chi connectivity index (χ0) is 10.8. The number of hydrogen-bond donors (Lipinski definition) is 0. The van der Waals surface area contributed by atoms with Crippen molar-refractivity contribution in [3.63, 3.8) is 0 Å². The van der Waals surface area contributed by atoms with Crippen LogP contribution in [0.4, 0.5) is 0 Å². The highest BCUT2D eigenvalue weighted by molar-refractivity contribution is 7.90. The van der Waals surface area contributed by atoms with Crippen molar-refractivity contribution in [2.45, 2.75) is 4.90 Å². The van der Waals surface area contributed by atoms with Crippen LogP contribution in [0.5, 0.6) is 5.75 Å². The van der Waals surface area contributed by atoms with Crippen LogP contribution in [0.25, 0.3) is 0 Å². The van der Waals surface area contributed by atoms with Gasteiger partial charge in [-0.3, -0.25) is 0 Å². The van der Waals surface area contributed by atoms with Crippen LogP contribution < -0.4 is 4.74 Å². The van der Waals surface area contributed by atoms with Gasteiger partial charge in [-0.1, -0.05) is 0 Å². The molecule has 1 heterocycles. The van der Waals surface area contributed by atoms with Crippen LogP contribution in [-0.4, -0.2) is 26.8 Å². The summed E-state index contributed by atoms with van der Waals surface area (Å²) >= 11 is 0. The molecule has 0 fully saturated rings. The second-order valence-corrected chi connectivity index (χ2v) is 4.59. The van der Waals surface area contributed by atoms with E-state index in [1.165, 1.54) is 19.4 Å². The molecular formula is C8H8N2O3S. The first-order chi connectivity index (χ1) is 6.49. The fraction of sp³-hybridized carbons (Fsp3) is 0.250. The first kappa shape index (κ1) is 10.5. The first-order valence-corrected chi connectivity index (χ1v) is 5.52. The number of methoxy groups -OCH3 is 1. The van der Waals surface area contributed by atoms with Crippen molar-refractivity contribution in [3.8, 4) is 11.8 Å². The van der Waals surface area contributed by atoms with Crippen molar-refractivity contribution in [2.75, 3.05) is 13.4 Å². The highest BCUT2D eigenvalue weighted by Gasteiger charge is 2.15. The van der Waals surface area contributed by atoms with Crippen molar-refractivity contribution >= 4 is 9.84 Å². The molecule has 1 rings (SSSR count). The average Bonchev–Trinajstić information content (AvgIpc) is 2.15. The van der Waals surface area contributed by atoms with Gasteiger partial charge in [0.25, 0.3) is 0 Å². The standard InChI is InChI=1S/C8H8N2O3S/c1-13-6-3-8(14(2,11)12)7(4-9)10-5-6/h3,5H,1-2H3. The highest BCUT2D eigenvalue weighted by Crippen LogP contribution is 2.18. The molecule has 14 heavy (non-hydrogen) atoms. The van der Waals surface area contributed by atoms with Gasteiger partial charge in [0.05, 0.1) is 13.3 Å². The highest BCUT2D eigenvalue weighted by atomic mass is 32.2. The van der Waals surface area contributed by atoms with Gasteiger partial charge in [-0.05, 0) is 0 Å². The maximum absolute atomic E-state index is 11.2. The number of rotatable bonds is 2. The Morgan fingerprint density at radius 2 is 2.21 bits per heavy atom. The lowest BCUT2D eigenvalue weighted by Gasteiger charge is -2.03. The minimum Gasteiger partial charge on any atom is -0.495 e. The van der Waals surface area contributed by atoms with Crippen molar-refractivity contribution < 1.29 is 13.2 Å². The van der Waals surface area contributed by atoms with Gasteiger partial charge in [0.15, 0.2) is 15.5 Å². The minimum atomic E-state index is -3.44. The SMILES string of the molecule is COc1cnc(C#N)c(S(C)(=O)=O)c1. The van der Waals surface area contributed by atoms with Crippen LogP contribution in [-0.2, 0) is 9.84 Å². The Morgan fingerprint density at radius 1 is 1.57 bits per heavy atom. The van der Waals surface area contributed by atoms with E-state index in [0.717, 1.165) is 6.26 Å². The van der Waals surface area contributed by atoms with E-state index in [1.807, 2.05) is 0 Å². The van der Waals surface area contributed by atoms with E-state index in [-0.39, 0.29) is 10.6 Å². The van der Waals surface area contributed by atoms with Crippen molar-refractivity contribution in [3.05, 3.63) is 18.0 Å². The molecule has 0 radical (unpaired) electrons. The van der Waals surface area contributed by atoms with Crippen LogP contribution in [0.3, 0.4) is 0 Å². The van der Waals surface area contributed by atoms with Crippen molar-refractivity contribution in [1.82, 2.24) is 4.98 Å². The number of ether oxygens (including phenoxy) is 1. The molecule has 5 nitrogen and oxygen atoms in total. The molecule has 0 aromatic carbocycles. The van der Waals surface area contributed by atoms with E-state index in [4.69, 9.17) is 10.00 Å². The van der Waals surface area contributed by atoms with Crippen LogP contribution in [0.2, 0.25) is 0 Å². The Labute approximate surface area is 81.9 Å². The monoisotopic (exact) mass is 212 g/mol. The molecule has 1 aromatic rings. The van der Waals surface area contributed by atoms with E-state index < -0.39 is 9.84 Å². The molecule has 0 aliphatic heterocycles. The molecule has 0 aliphatic rings. The molecule has 0 bridgehead atoms. The largest absolute Gasteiger partial charge is 0.495 e. The van der Waals surface area contributed by atoms with E-state index in [2.05, 4.69) is 4.98 Å². The van der Waals surface area contributed by atoms with Gasteiger partial charge in [-0.25, -0.2) is 13.4 Å². The topological polar surface area (TPSA) is 80.0 Å². The predicted molar refractivity (Wildman–Crippen MR) is 48.6 cm³/mol.